The lowest BCUT2D eigenvalue weighted by Crippen LogP contribution is -2.36. The number of hydrogen-bond acceptors (Lipinski definition) is 4. The van der Waals surface area contributed by atoms with Crippen LogP contribution in [0.4, 0.5) is 0 Å². The van der Waals surface area contributed by atoms with E-state index in [4.69, 9.17) is 0 Å². The number of nitrogens with one attached hydrogen (secondary N) is 1. The van der Waals surface area contributed by atoms with Crippen LogP contribution in [-0.2, 0) is 6.54 Å². The average Bonchev–Trinajstić information content (AvgIpc) is 2.65. The Hall–Kier alpha value is -0.160. The zero-order valence-corrected chi connectivity index (χ0v) is 12.2. The van der Waals surface area contributed by atoms with Crippen molar-refractivity contribution in [2.45, 2.75) is 26.3 Å². The number of piperidine rings is 1. The summed E-state index contributed by atoms with van der Waals surface area (Å²) in [5.41, 5.74) is 1.22. The average molecular weight is 276 g/mol. The number of hydrogen-bond donors (Lipinski definition) is 1. The van der Waals surface area contributed by atoms with Gasteiger partial charge in [0.25, 0.3) is 0 Å². The first-order valence-electron chi connectivity index (χ1n) is 6.04. The Morgan fingerprint density at radius 3 is 3.00 bits per heavy atom. The first-order valence-corrected chi connectivity index (χ1v) is 6.92. The molecule has 98 valence electrons. The van der Waals surface area contributed by atoms with Crippen molar-refractivity contribution in [3.8, 4) is 0 Å². The van der Waals surface area contributed by atoms with Gasteiger partial charge in [0.15, 0.2) is 0 Å². The van der Waals surface area contributed by atoms with Crippen molar-refractivity contribution < 1.29 is 0 Å². The van der Waals surface area contributed by atoms with Gasteiger partial charge in [-0.25, -0.2) is 4.98 Å². The number of nitrogens with zero attached hydrogens (tertiary/aromatic N) is 2. The number of rotatable bonds is 4. The molecule has 2 rings (SSSR count). The van der Waals surface area contributed by atoms with Crippen LogP contribution in [0, 0.1) is 12.8 Å². The summed E-state index contributed by atoms with van der Waals surface area (Å²) in [5.74, 6) is 0.818. The summed E-state index contributed by atoms with van der Waals surface area (Å²) in [5, 5.41) is 6.81. The molecular weight excluding hydrogens is 254 g/mol. The van der Waals surface area contributed by atoms with Gasteiger partial charge in [-0.2, -0.15) is 0 Å². The molecule has 1 saturated heterocycles. The Morgan fingerprint density at radius 2 is 2.41 bits per heavy atom. The second kappa shape index (κ2) is 7.31. The molecule has 17 heavy (non-hydrogen) atoms. The Kier molecular flexibility index (Phi) is 6.41. The molecule has 1 N–H and O–H groups in total. The topological polar surface area (TPSA) is 28.2 Å². The molecule has 2 heterocycles. The van der Waals surface area contributed by atoms with Gasteiger partial charge < -0.3 is 10.2 Å². The normalized spacial score (nSPS) is 20.3. The highest BCUT2D eigenvalue weighted by Crippen LogP contribution is 2.14. The van der Waals surface area contributed by atoms with E-state index in [1.165, 1.54) is 43.2 Å². The second-order valence-electron chi connectivity index (χ2n) is 4.77. The van der Waals surface area contributed by atoms with Gasteiger partial charge in [0.1, 0.15) is 0 Å². The van der Waals surface area contributed by atoms with Crippen molar-refractivity contribution in [2.75, 3.05) is 26.7 Å². The fraction of sp³-hybridized carbons (Fsp3) is 0.750. The molecule has 0 spiro atoms. The number of aryl methyl sites for hydroxylation is 1. The highest BCUT2D eigenvalue weighted by atomic mass is 35.5. The van der Waals surface area contributed by atoms with Crippen molar-refractivity contribution in [1.82, 2.24) is 15.2 Å². The van der Waals surface area contributed by atoms with E-state index in [0.29, 0.717) is 0 Å². The maximum Gasteiger partial charge on any atom is 0.0897 e. The lowest BCUT2D eigenvalue weighted by Gasteiger charge is -2.27. The van der Waals surface area contributed by atoms with Crippen molar-refractivity contribution in [2.24, 2.45) is 5.92 Å². The highest BCUT2D eigenvalue weighted by molar-refractivity contribution is 7.09. The maximum absolute atomic E-state index is 4.50. The largest absolute Gasteiger partial charge is 0.316 e. The summed E-state index contributed by atoms with van der Waals surface area (Å²) >= 11 is 1.74. The number of aromatic nitrogens is 1. The van der Waals surface area contributed by atoms with Crippen LogP contribution >= 0.6 is 23.7 Å². The minimum atomic E-state index is 0. The summed E-state index contributed by atoms with van der Waals surface area (Å²) in [7, 11) is 2.20. The molecule has 1 aromatic heterocycles. The van der Waals surface area contributed by atoms with Gasteiger partial charge in [-0.1, -0.05) is 0 Å². The standard InChI is InChI=1S/C12H21N3S.ClH/c1-10-14-12(9-16-10)8-15(2)7-11-4-3-5-13-6-11;/h9,11,13H,3-8H2,1-2H3;1H. The van der Waals surface area contributed by atoms with Gasteiger partial charge >= 0.3 is 0 Å². The molecule has 0 amide bonds. The van der Waals surface area contributed by atoms with Crippen molar-refractivity contribution >= 4 is 23.7 Å². The van der Waals surface area contributed by atoms with Crippen molar-refractivity contribution in [3.63, 3.8) is 0 Å². The van der Waals surface area contributed by atoms with Crippen LogP contribution in [0.25, 0.3) is 0 Å². The molecule has 1 unspecified atom stereocenters. The van der Waals surface area contributed by atoms with Gasteiger partial charge in [-0.05, 0) is 45.8 Å². The molecule has 0 aliphatic carbocycles. The Morgan fingerprint density at radius 1 is 1.59 bits per heavy atom. The van der Waals surface area contributed by atoms with E-state index in [0.717, 1.165) is 12.5 Å². The molecule has 0 saturated carbocycles. The Labute approximate surface area is 114 Å². The summed E-state index contributed by atoms with van der Waals surface area (Å²) in [4.78, 5) is 6.90. The lowest BCUT2D eigenvalue weighted by molar-refractivity contribution is 0.236. The third-order valence-electron chi connectivity index (χ3n) is 3.07. The summed E-state index contributed by atoms with van der Waals surface area (Å²) < 4.78 is 0. The predicted molar refractivity (Wildman–Crippen MR) is 76.0 cm³/mol. The third-order valence-corrected chi connectivity index (χ3v) is 3.89. The van der Waals surface area contributed by atoms with Crippen LogP contribution < -0.4 is 5.32 Å². The molecule has 3 nitrogen and oxygen atoms in total. The molecule has 0 aromatic carbocycles. The first kappa shape index (κ1) is 14.9. The SMILES string of the molecule is Cc1nc(CN(C)CC2CCCNC2)cs1.Cl. The van der Waals surface area contributed by atoms with Crippen molar-refractivity contribution in [3.05, 3.63) is 16.1 Å². The Balaban J connectivity index is 0.00000144. The lowest BCUT2D eigenvalue weighted by atomic mass is 9.99. The van der Waals surface area contributed by atoms with Gasteiger partial charge in [0, 0.05) is 18.5 Å². The second-order valence-corrected chi connectivity index (χ2v) is 5.83. The van der Waals surface area contributed by atoms with Crippen LogP contribution in [0.3, 0.4) is 0 Å². The minimum absolute atomic E-state index is 0. The smallest absolute Gasteiger partial charge is 0.0897 e. The van der Waals surface area contributed by atoms with E-state index in [-0.39, 0.29) is 12.4 Å². The molecule has 1 aliphatic rings. The highest BCUT2D eigenvalue weighted by Gasteiger charge is 2.15. The van der Waals surface area contributed by atoms with E-state index in [1.807, 2.05) is 0 Å². The van der Waals surface area contributed by atoms with Gasteiger partial charge in [0.05, 0.1) is 10.7 Å². The minimum Gasteiger partial charge on any atom is -0.316 e. The first-order chi connectivity index (χ1) is 7.74. The summed E-state index contributed by atoms with van der Waals surface area (Å²) in [6.45, 7) is 6.62. The van der Waals surface area contributed by atoms with Crippen LogP contribution in [0.5, 0.6) is 0 Å². The number of halogens is 1. The zero-order chi connectivity index (χ0) is 11.4. The zero-order valence-electron chi connectivity index (χ0n) is 10.6. The maximum atomic E-state index is 4.50. The van der Waals surface area contributed by atoms with Crippen LogP contribution in [0.15, 0.2) is 5.38 Å². The third kappa shape index (κ3) is 4.92. The molecule has 1 aromatic rings. The van der Waals surface area contributed by atoms with Gasteiger partial charge in [-0.3, -0.25) is 0 Å². The van der Waals surface area contributed by atoms with Gasteiger partial charge in [0.2, 0.25) is 0 Å². The summed E-state index contributed by atoms with van der Waals surface area (Å²) in [6, 6.07) is 0. The fourth-order valence-electron chi connectivity index (χ4n) is 2.34. The monoisotopic (exact) mass is 275 g/mol. The molecular formula is C12H22ClN3S. The van der Waals surface area contributed by atoms with Crippen LogP contribution in [-0.4, -0.2) is 36.6 Å². The molecule has 5 heteroatoms. The van der Waals surface area contributed by atoms with Gasteiger partial charge in [-0.15, -0.1) is 23.7 Å². The van der Waals surface area contributed by atoms with E-state index in [1.54, 1.807) is 11.3 Å². The van der Waals surface area contributed by atoms with E-state index in [9.17, 15) is 0 Å². The quantitative estimate of drug-likeness (QED) is 0.914. The van der Waals surface area contributed by atoms with E-state index < -0.39 is 0 Å². The molecule has 0 bridgehead atoms. The van der Waals surface area contributed by atoms with E-state index in [2.05, 4.69) is 34.6 Å². The fourth-order valence-corrected chi connectivity index (χ4v) is 2.95. The molecule has 1 atom stereocenters. The molecule has 1 aliphatic heterocycles. The Bertz CT molecular complexity index is 323. The number of thiazole rings is 1. The van der Waals surface area contributed by atoms with E-state index >= 15 is 0 Å². The van der Waals surface area contributed by atoms with Crippen LogP contribution in [0.1, 0.15) is 23.5 Å². The summed E-state index contributed by atoms with van der Waals surface area (Å²) in [6.07, 6.45) is 2.70. The van der Waals surface area contributed by atoms with Crippen LogP contribution in [0.2, 0.25) is 0 Å². The van der Waals surface area contributed by atoms with Crippen molar-refractivity contribution in [1.29, 1.82) is 0 Å². The predicted octanol–water partition coefficient (Wildman–Crippen LogP) is 2.30. The molecule has 0 radical (unpaired) electrons. The molecule has 1 fully saturated rings.